The molecule has 0 saturated heterocycles. The van der Waals surface area contributed by atoms with Crippen molar-refractivity contribution in [3.63, 3.8) is 0 Å². The highest BCUT2D eigenvalue weighted by Crippen LogP contribution is 2.33. The number of ether oxygens (including phenoxy) is 3. The number of aromatic nitrogens is 2. The van der Waals surface area contributed by atoms with Crippen LogP contribution in [-0.2, 0) is 9.53 Å². The molecular weight excluding hydrogens is 422 g/mol. The van der Waals surface area contributed by atoms with E-state index in [1.165, 1.54) is 23.8 Å². The molecule has 2 aromatic carbocycles. The van der Waals surface area contributed by atoms with Crippen LogP contribution in [-0.4, -0.2) is 42.7 Å². The van der Waals surface area contributed by atoms with Crippen LogP contribution in [0.4, 0.5) is 5.13 Å². The normalized spacial score (nSPS) is 10.6. The Kier molecular flexibility index (Phi) is 5.80. The van der Waals surface area contributed by atoms with E-state index in [1.807, 2.05) is 6.07 Å². The molecule has 0 atom stereocenters. The third kappa shape index (κ3) is 4.48. The van der Waals surface area contributed by atoms with Gasteiger partial charge >= 0.3 is 5.97 Å². The van der Waals surface area contributed by atoms with E-state index in [1.54, 1.807) is 43.9 Å². The van der Waals surface area contributed by atoms with Gasteiger partial charge in [-0.05, 0) is 36.4 Å². The number of fused-ring (bicyclic) bond motifs is 1. The first kappa shape index (κ1) is 20.4. The molecule has 158 valence electrons. The SMILES string of the molecule is COc1ccc(-c2csc(NC(=O)COC(=O)c3ccc4ncoc4c3)n2)cc1OC. The summed E-state index contributed by atoms with van der Waals surface area (Å²) in [7, 11) is 3.12. The van der Waals surface area contributed by atoms with Crippen LogP contribution < -0.4 is 14.8 Å². The number of methoxy groups -OCH3 is 2. The van der Waals surface area contributed by atoms with Crippen molar-refractivity contribution < 1.29 is 28.2 Å². The van der Waals surface area contributed by atoms with Gasteiger partial charge in [0.1, 0.15) is 5.52 Å². The number of benzene rings is 2. The minimum atomic E-state index is -0.640. The molecular formula is C21H17N3O6S. The molecule has 0 aliphatic heterocycles. The Balaban J connectivity index is 1.36. The maximum absolute atomic E-state index is 12.2. The number of esters is 1. The molecule has 0 aliphatic rings. The molecule has 0 spiro atoms. The molecule has 1 amide bonds. The molecule has 0 fully saturated rings. The summed E-state index contributed by atoms with van der Waals surface area (Å²) in [5.41, 5.74) is 2.83. The highest BCUT2D eigenvalue weighted by atomic mass is 32.1. The lowest BCUT2D eigenvalue weighted by atomic mass is 10.1. The van der Waals surface area contributed by atoms with Crippen LogP contribution in [0.3, 0.4) is 0 Å². The maximum Gasteiger partial charge on any atom is 0.338 e. The third-order valence-corrected chi connectivity index (χ3v) is 5.09. The first-order chi connectivity index (χ1) is 15.1. The third-order valence-electron chi connectivity index (χ3n) is 4.33. The summed E-state index contributed by atoms with van der Waals surface area (Å²) in [6.45, 7) is -0.446. The number of anilines is 1. The van der Waals surface area contributed by atoms with Crippen molar-refractivity contribution in [3.05, 3.63) is 53.7 Å². The van der Waals surface area contributed by atoms with E-state index < -0.39 is 18.5 Å². The molecule has 4 rings (SSSR count). The van der Waals surface area contributed by atoms with Gasteiger partial charge < -0.3 is 18.6 Å². The number of carbonyl (C=O) groups is 2. The number of thiazole rings is 1. The zero-order valence-corrected chi connectivity index (χ0v) is 17.4. The number of amides is 1. The highest BCUT2D eigenvalue weighted by molar-refractivity contribution is 7.14. The van der Waals surface area contributed by atoms with Gasteiger partial charge in [-0.25, -0.2) is 14.8 Å². The van der Waals surface area contributed by atoms with E-state index in [0.29, 0.717) is 33.4 Å². The van der Waals surface area contributed by atoms with Crippen LogP contribution in [0.1, 0.15) is 10.4 Å². The van der Waals surface area contributed by atoms with Crippen molar-refractivity contribution in [1.29, 1.82) is 0 Å². The largest absolute Gasteiger partial charge is 0.493 e. The van der Waals surface area contributed by atoms with Crippen LogP contribution in [0.25, 0.3) is 22.4 Å². The minimum absolute atomic E-state index is 0.266. The molecule has 9 nitrogen and oxygen atoms in total. The highest BCUT2D eigenvalue weighted by Gasteiger charge is 2.14. The van der Waals surface area contributed by atoms with Crippen molar-refractivity contribution in [1.82, 2.24) is 9.97 Å². The topological polar surface area (TPSA) is 113 Å². The molecule has 2 heterocycles. The first-order valence-electron chi connectivity index (χ1n) is 9.05. The Labute approximate surface area is 180 Å². The molecule has 1 N–H and O–H groups in total. The summed E-state index contributed by atoms with van der Waals surface area (Å²) in [5, 5.41) is 4.81. The van der Waals surface area contributed by atoms with Gasteiger partial charge in [0.25, 0.3) is 5.91 Å². The van der Waals surface area contributed by atoms with Crippen molar-refractivity contribution in [2.75, 3.05) is 26.1 Å². The number of oxazole rings is 1. The zero-order valence-electron chi connectivity index (χ0n) is 16.6. The average molecular weight is 439 g/mol. The van der Waals surface area contributed by atoms with Gasteiger partial charge in [0.05, 0.1) is 25.5 Å². The van der Waals surface area contributed by atoms with Crippen LogP contribution in [0.15, 0.2) is 52.6 Å². The number of rotatable bonds is 7. The van der Waals surface area contributed by atoms with Gasteiger partial charge in [-0.3, -0.25) is 10.1 Å². The molecule has 0 aliphatic carbocycles. The molecule has 10 heteroatoms. The Morgan fingerprint density at radius 1 is 1.10 bits per heavy atom. The summed E-state index contributed by atoms with van der Waals surface area (Å²) >= 11 is 1.25. The first-order valence-corrected chi connectivity index (χ1v) is 9.93. The molecule has 0 radical (unpaired) electrons. The number of hydrogen-bond donors (Lipinski definition) is 1. The van der Waals surface area contributed by atoms with E-state index in [-0.39, 0.29) is 5.56 Å². The molecule has 0 saturated carbocycles. The summed E-state index contributed by atoms with van der Waals surface area (Å²) in [5.74, 6) is 0.0502. The van der Waals surface area contributed by atoms with E-state index in [0.717, 1.165) is 5.56 Å². The molecule has 0 unspecified atom stereocenters. The fourth-order valence-corrected chi connectivity index (χ4v) is 3.55. The average Bonchev–Trinajstić information content (AvgIpc) is 3.45. The fraction of sp³-hybridized carbons (Fsp3) is 0.143. The number of hydrogen-bond acceptors (Lipinski definition) is 9. The lowest BCUT2D eigenvalue weighted by Crippen LogP contribution is -2.20. The Morgan fingerprint density at radius 2 is 1.94 bits per heavy atom. The number of carbonyl (C=O) groups excluding carboxylic acids is 2. The second-order valence-electron chi connectivity index (χ2n) is 6.27. The van der Waals surface area contributed by atoms with Gasteiger partial charge in [0, 0.05) is 10.9 Å². The van der Waals surface area contributed by atoms with Crippen LogP contribution in [0.2, 0.25) is 0 Å². The van der Waals surface area contributed by atoms with Crippen molar-refractivity contribution >= 4 is 39.4 Å². The monoisotopic (exact) mass is 439 g/mol. The van der Waals surface area contributed by atoms with Gasteiger partial charge in [-0.15, -0.1) is 11.3 Å². The lowest BCUT2D eigenvalue weighted by Gasteiger charge is -2.08. The summed E-state index contributed by atoms with van der Waals surface area (Å²) < 4.78 is 20.8. The van der Waals surface area contributed by atoms with Crippen molar-refractivity contribution in [2.45, 2.75) is 0 Å². The number of nitrogens with one attached hydrogen (secondary N) is 1. The lowest BCUT2D eigenvalue weighted by molar-refractivity contribution is -0.119. The predicted octanol–water partition coefficient (Wildman–Crippen LogP) is 3.76. The predicted molar refractivity (Wildman–Crippen MR) is 114 cm³/mol. The summed E-state index contributed by atoms with van der Waals surface area (Å²) in [4.78, 5) is 32.7. The summed E-state index contributed by atoms with van der Waals surface area (Å²) in [6.07, 6.45) is 1.29. The Bertz CT molecular complexity index is 1250. The van der Waals surface area contributed by atoms with Crippen molar-refractivity contribution in [2.24, 2.45) is 0 Å². The van der Waals surface area contributed by atoms with Crippen LogP contribution in [0, 0.1) is 0 Å². The smallest absolute Gasteiger partial charge is 0.338 e. The molecule has 0 bridgehead atoms. The van der Waals surface area contributed by atoms with E-state index in [4.69, 9.17) is 18.6 Å². The van der Waals surface area contributed by atoms with Gasteiger partial charge in [0.2, 0.25) is 0 Å². The van der Waals surface area contributed by atoms with Crippen molar-refractivity contribution in [3.8, 4) is 22.8 Å². The minimum Gasteiger partial charge on any atom is -0.493 e. The van der Waals surface area contributed by atoms with Crippen LogP contribution >= 0.6 is 11.3 Å². The van der Waals surface area contributed by atoms with Gasteiger partial charge in [-0.2, -0.15) is 0 Å². The fourth-order valence-electron chi connectivity index (χ4n) is 2.81. The van der Waals surface area contributed by atoms with E-state index in [2.05, 4.69) is 15.3 Å². The molecule has 2 aromatic heterocycles. The Hall–Kier alpha value is -3.92. The molecule has 31 heavy (non-hydrogen) atoms. The Morgan fingerprint density at radius 3 is 2.74 bits per heavy atom. The second-order valence-corrected chi connectivity index (χ2v) is 7.12. The van der Waals surface area contributed by atoms with E-state index in [9.17, 15) is 9.59 Å². The maximum atomic E-state index is 12.2. The van der Waals surface area contributed by atoms with Gasteiger partial charge in [-0.1, -0.05) is 0 Å². The quantitative estimate of drug-likeness (QED) is 0.433. The van der Waals surface area contributed by atoms with Gasteiger partial charge in [0.15, 0.2) is 35.2 Å². The zero-order chi connectivity index (χ0) is 21.8. The number of nitrogens with zero attached hydrogens (tertiary/aromatic N) is 2. The summed E-state index contributed by atoms with van der Waals surface area (Å²) in [6, 6.07) is 10.1. The van der Waals surface area contributed by atoms with Crippen LogP contribution in [0.5, 0.6) is 11.5 Å². The van der Waals surface area contributed by atoms with E-state index >= 15 is 0 Å². The standard InChI is InChI=1S/C21H17N3O6S/c1-27-16-6-4-12(7-18(16)28-2)15-10-31-21(23-15)24-19(25)9-29-20(26)13-3-5-14-17(8-13)30-11-22-14/h3-8,10-11H,9H2,1-2H3,(H,23,24,25). The second kappa shape index (κ2) is 8.84. The molecule has 4 aromatic rings.